The lowest BCUT2D eigenvalue weighted by Crippen LogP contribution is -2.26. The molecule has 0 aliphatic heterocycles. The van der Waals surface area contributed by atoms with E-state index in [2.05, 4.69) is 10.3 Å². The smallest absolute Gasteiger partial charge is 0.358 e. The molecule has 2 aromatic rings. The maximum absolute atomic E-state index is 12.8. The molecule has 0 saturated heterocycles. The number of carbonyl (C=O) groups is 2. The number of halogens is 1. The second-order valence-corrected chi connectivity index (χ2v) is 4.71. The van der Waals surface area contributed by atoms with Gasteiger partial charge in [-0.3, -0.25) is 4.79 Å². The summed E-state index contributed by atoms with van der Waals surface area (Å²) in [5.41, 5.74) is 0.838. The maximum atomic E-state index is 12.8. The first-order valence-corrected chi connectivity index (χ1v) is 6.81. The van der Waals surface area contributed by atoms with Crippen LogP contribution in [0.3, 0.4) is 0 Å². The summed E-state index contributed by atoms with van der Waals surface area (Å²) in [6, 6.07) is 7.33. The summed E-state index contributed by atoms with van der Waals surface area (Å²) < 4.78 is 17.7. The number of nitrogens with one attached hydrogen (secondary N) is 1. The molecule has 0 atom stereocenters. The summed E-state index contributed by atoms with van der Waals surface area (Å²) in [6.45, 7) is 0.355. The number of aromatic carboxylic acids is 1. The van der Waals surface area contributed by atoms with Crippen molar-refractivity contribution in [2.45, 2.75) is 6.42 Å². The van der Waals surface area contributed by atoms with Crippen molar-refractivity contribution in [3.8, 4) is 5.75 Å². The number of ether oxygens (including phenoxy) is 1. The van der Waals surface area contributed by atoms with Crippen LogP contribution in [0.15, 0.2) is 36.5 Å². The zero-order valence-electron chi connectivity index (χ0n) is 12.4. The Morgan fingerprint density at radius 3 is 2.61 bits per heavy atom. The lowest BCUT2D eigenvalue weighted by Gasteiger charge is -2.08. The topological polar surface area (TPSA) is 88.5 Å². The molecule has 0 spiro atoms. The van der Waals surface area contributed by atoms with Gasteiger partial charge in [0.25, 0.3) is 5.91 Å². The van der Waals surface area contributed by atoms with Gasteiger partial charge in [0.05, 0.1) is 12.7 Å². The van der Waals surface area contributed by atoms with Gasteiger partial charge in [0.1, 0.15) is 5.82 Å². The Morgan fingerprint density at radius 1 is 1.30 bits per heavy atom. The molecule has 1 amide bonds. The van der Waals surface area contributed by atoms with E-state index in [1.807, 2.05) is 0 Å². The number of carboxylic acid groups (broad SMARTS) is 1. The minimum absolute atomic E-state index is 0.0173. The van der Waals surface area contributed by atoms with E-state index in [0.29, 0.717) is 13.0 Å². The SMILES string of the molecule is COc1cc(C(=O)NCCc2ccc(F)cc2)cnc1C(=O)O. The first-order valence-electron chi connectivity index (χ1n) is 6.81. The van der Waals surface area contributed by atoms with Crippen molar-refractivity contribution in [1.82, 2.24) is 10.3 Å². The summed E-state index contributed by atoms with van der Waals surface area (Å²) in [6.07, 6.45) is 1.73. The van der Waals surface area contributed by atoms with Crippen molar-refractivity contribution in [3.05, 3.63) is 59.2 Å². The van der Waals surface area contributed by atoms with Crippen LogP contribution in [0.1, 0.15) is 26.4 Å². The predicted molar refractivity (Wildman–Crippen MR) is 80.2 cm³/mol. The van der Waals surface area contributed by atoms with Crippen molar-refractivity contribution in [3.63, 3.8) is 0 Å². The monoisotopic (exact) mass is 318 g/mol. The van der Waals surface area contributed by atoms with E-state index >= 15 is 0 Å². The van der Waals surface area contributed by atoms with E-state index in [1.54, 1.807) is 12.1 Å². The van der Waals surface area contributed by atoms with Crippen molar-refractivity contribution < 1.29 is 23.8 Å². The molecule has 6 nitrogen and oxygen atoms in total. The number of nitrogens with zero attached hydrogens (tertiary/aromatic N) is 1. The summed E-state index contributed by atoms with van der Waals surface area (Å²) in [5.74, 6) is -1.92. The van der Waals surface area contributed by atoms with E-state index in [1.165, 1.54) is 31.5 Å². The number of rotatable bonds is 6. The number of amides is 1. The molecule has 0 radical (unpaired) electrons. The highest BCUT2D eigenvalue weighted by Crippen LogP contribution is 2.17. The number of methoxy groups -OCH3 is 1. The largest absolute Gasteiger partial charge is 0.494 e. The Morgan fingerprint density at radius 2 is 2.00 bits per heavy atom. The molecule has 0 bridgehead atoms. The number of hydrogen-bond donors (Lipinski definition) is 2. The van der Waals surface area contributed by atoms with E-state index in [9.17, 15) is 14.0 Å². The second kappa shape index (κ2) is 7.35. The molecule has 23 heavy (non-hydrogen) atoms. The Balaban J connectivity index is 1.97. The van der Waals surface area contributed by atoms with Crippen LogP contribution in [0.5, 0.6) is 5.75 Å². The minimum atomic E-state index is -1.23. The number of carbonyl (C=O) groups excluding carboxylic acids is 1. The van der Waals surface area contributed by atoms with Crippen LogP contribution in [-0.2, 0) is 6.42 Å². The van der Waals surface area contributed by atoms with Gasteiger partial charge in [-0.1, -0.05) is 12.1 Å². The molecule has 2 N–H and O–H groups in total. The molecule has 0 fully saturated rings. The molecule has 2 rings (SSSR count). The van der Waals surface area contributed by atoms with Crippen LogP contribution >= 0.6 is 0 Å². The van der Waals surface area contributed by atoms with Gasteiger partial charge in [-0.05, 0) is 30.2 Å². The third-order valence-electron chi connectivity index (χ3n) is 3.15. The van der Waals surface area contributed by atoms with Crippen LogP contribution in [0.4, 0.5) is 4.39 Å². The number of carboxylic acids is 1. The third kappa shape index (κ3) is 4.26. The summed E-state index contributed by atoms with van der Waals surface area (Å²) >= 11 is 0. The van der Waals surface area contributed by atoms with Crippen molar-refractivity contribution in [1.29, 1.82) is 0 Å². The molecular formula is C16H15FN2O4. The molecule has 0 saturated carbocycles. The molecular weight excluding hydrogens is 303 g/mol. The average Bonchev–Trinajstić information content (AvgIpc) is 2.55. The predicted octanol–water partition coefficient (Wildman–Crippen LogP) is 1.90. The fraction of sp³-hybridized carbons (Fsp3) is 0.188. The Labute approximate surface area is 131 Å². The fourth-order valence-electron chi connectivity index (χ4n) is 1.96. The second-order valence-electron chi connectivity index (χ2n) is 4.71. The van der Waals surface area contributed by atoms with Gasteiger partial charge in [-0.2, -0.15) is 0 Å². The first kappa shape index (κ1) is 16.4. The van der Waals surface area contributed by atoms with Gasteiger partial charge >= 0.3 is 5.97 Å². The molecule has 0 aliphatic rings. The van der Waals surface area contributed by atoms with Crippen LogP contribution in [-0.4, -0.2) is 35.6 Å². The first-order chi connectivity index (χ1) is 11.0. The standard InChI is InChI=1S/C16H15FN2O4/c1-23-13-8-11(9-19-14(13)16(21)22)15(20)18-7-6-10-2-4-12(17)5-3-10/h2-5,8-9H,6-7H2,1H3,(H,18,20)(H,21,22). The van der Waals surface area contributed by atoms with Crippen LogP contribution in [0.2, 0.25) is 0 Å². The quantitative estimate of drug-likeness (QED) is 0.849. The van der Waals surface area contributed by atoms with E-state index < -0.39 is 11.9 Å². The minimum Gasteiger partial charge on any atom is -0.494 e. The molecule has 1 heterocycles. The van der Waals surface area contributed by atoms with Crippen molar-refractivity contribution >= 4 is 11.9 Å². The normalized spacial score (nSPS) is 10.2. The molecule has 0 aliphatic carbocycles. The summed E-state index contributed by atoms with van der Waals surface area (Å²) in [5, 5.41) is 11.6. The van der Waals surface area contributed by atoms with Crippen molar-refractivity contribution in [2.24, 2.45) is 0 Å². The zero-order valence-corrected chi connectivity index (χ0v) is 12.4. The third-order valence-corrected chi connectivity index (χ3v) is 3.15. The average molecular weight is 318 g/mol. The van der Waals surface area contributed by atoms with Gasteiger partial charge in [-0.25, -0.2) is 14.2 Å². The zero-order chi connectivity index (χ0) is 16.8. The Kier molecular flexibility index (Phi) is 5.24. The van der Waals surface area contributed by atoms with Gasteiger partial charge in [0.2, 0.25) is 0 Å². The Bertz CT molecular complexity index is 717. The lowest BCUT2D eigenvalue weighted by molar-refractivity contribution is 0.0685. The number of aromatic nitrogens is 1. The number of pyridine rings is 1. The van der Waals surface area contributed by atoms with E-state index in [-0.39, 0.29) is 22.8 Å². The highest BCUT2D eigenvalue weighted by molar-refractivity contribution is 5.96. The van der Waals surface area contributed by atoms with Crippen LogP contribution < -0.4 is 10.1 Å². The molecule has 7 heteroatoms. The summed E-state index contributed by atoms with van der Waals surface area (Å²) in [4.78, 5) is 26.7. The number of benzene rings is 1. The molecule has 1 aromatic carbocycles. The highest BCUT2D eigenvalue weighted by atomic mass is 19.1. The van der Waals surface area contributed by atoms with Crippen molar-refractivity contribution in [2.75, 3.05) is 13.7 Å². The lowest BCUT2D eigenvalue weighted by atomic mass is 10.1. The fourth-order valence-corrected chi connectivity index (χ4v) is 1.96. The van der Waals surface area contributed by atoms with Gasteiger partial charge < -0.3 is 15.2 Å². The van der Waals surface area contributed by atoms with E-state index in [0.717, 1.165) is 5.56 Å². The Hall–Kier alpha value is -2.96. The van der Waals surface area contributed by atoms with Crippen LogP contribution in [0, 0.1) is 5.82 Å². The highest BCUT2D eigenvalue weighted by Gasteiger charge is 2.16. The molecule has 1 aromatic heterocycles. The number of hydrogen-bond acceptors (Lipinski definition) is 4. The molecule has 120 valence electrons. The van der Waals surface area contributed by atoms with Gasteiger partial charge in [-0.15, -0.1) is 0 Å². The summed E-state index contributed by atoms with van der Waals surface area (Å²) in [7, 11) is 1.31. The maximum Gasteiger partial charge on any atom is 0.358 e. The van der Waals surface area contributed by atoms with Gasteiger partial charge in [0.15, 0.2) is 11.4 Å². The molecule has 0 unspecified atom stereocenters. The van der Waals surface area contributed by atoms with Crippen LogP contribution in [0.25, 0.3) is 0 Å². The van der Waals surface area contributed by atoms with Gasteiger partial charge in [0, 0.05) is 12.7 Å². The van der Waals surface area contributed by atoms with E-state index in [4.69, 9.17) is 9.84 Å².